The van der Waals surface area contributed by atoms with Crippen molar-refractivity contribution >= 4 is 33.4 Å². The normalized spacial score (nSPS) is 25.9. The molecule has 0 amide bonds. The van der Waals surface area contributed by atoms with E-state index in [1.807, 2.05) is 9.80 Å². The third-order valence-corrected chi connectivity index (χ3v) is 13.5. The first-order valence-electron chi connectivity index (χ1n) is 20.2. The first-order valence-corrected chi connectivity index (χ1v) is 20.2. The molecule has 4 saturated heterocycles. The van der Waals surface area contributed by atoms with Gasteiger partial charge in [-0.25, -0.2) is 27.5 Å². The van der Waals surface area contributed by atoms with Crippen LogP contribution in [0.4, 0.5) is 28.9 Å². The van der Waals surface area contributed by atoms with Crippen LogP contribution in [0.5, 0.6) is 0 Å². The Morgan fingerprint density at radius 2 is 1.09 bits per heavy atom. The van der Waals surface area contributed by atoms with Crippen LogP contribution in [0.2, 0.25) is 0 Å². The SMILES string of the molecule is Fc1cc2nc([C@@H]3CCCN3)[nH]c2cc1[C@H]1CC[C@H](c2cc3[nH]c([C@@H]4CCCN4)nc3cc2F)N1c1cc(F)c(N2CCC3(CCCCC3)CC2)c(F)c1. The fourth-order valence-corrected chi connectivity index (χ4v) is 10.6. The minimum absolute atomic E-state index is 0.00655. The van der Waals surface area contributed by atoms with E-state index in [1.165, 1.54) is 56.4 Å². The number of nitrogens with one attached hydrogen (secondary N) is 4. The van der Waals surface area contributed by atoms with Gasteiger partial charge in [-0.05, 0) is 107 Å². The average Bonchev–Trinajstić information content (AvgIpc) is 4.01. The molecule has 1 saturated carbocycles. The van der Waals surface area contributed by atoms with Gasteiger partial charge in [0, 0.05) is 42.0 Å². The summed E-state index contributed by atoms with van der Waals surface area (Å²) < 4.78 is 65.4. The van der Waals surface area contributed by atoms with E-state index in [0.717, 1.165) is 63.3 Å². The van der Waals surface area contributed by atoms with Crippen LogP contribution >= 0.6 is 0 Å². The van der Waals surface area contributed by atoms with E-state index in [-0.39, 0.29) is 23.5 Å². The van der Waals surface area contributed by atoms with Crippen molar-refractivity contribution in [2.24, 2.45) is 5.41 Å². The van der Waals surface area contributed by atoms with Crippen LogP contribution in [0.25, 0.3) is 22.1 Å². The van der Waals surface area contributed by atoms with Gasteiger partial charge in [0.25, 0.3) is 0 Å². The predicted octanol–water partition coefficient (Wildman–Crippen LogP) is 9.48. The van der Waals surface area contributed by atoms with Gasteiger partial charge in [0.2, 0.25) is 0 Å². The zero-order valence-corrected chi connectivity index (χ0v) is 30.6. The molecule has 5 fully saturated rings. The summed E-state index contributed by atoms with van der Waals surface area (Å²) in [7, 11) is 0. The molecule has 0 radical (unpaired) electrons. The third-order valence-electron chi connectivity index (χ3n) is 13.5. The summed E-state index contributed by atoms with van der Waals surface area (Å²) in [6, 6.07) is 8.14. The van der Waals surface area contributed by atoms with Crippen LogP contribution in [0, 0.1) is 28.7 Å². The number of nitrogens with zero attached hydrogens (tertiary/aromatic N) is 4. The van der Waals surface area contributed by atoms with Crippen molar-refractivity contribution in [2.45, 2.75) is 108 Å². The lowest BCUT2D eigenvalue weighted by Gasteiger charge is -2.45. The highest BCUT2D eigenvalue weighted by molar-refractivity contribution is 5.78. The molecule has 2 aromatic heterocycles. The van der Waals surface area contributed by atoms with E-state index >= 15 is 17.6 Å². The highest BCUT2D eigenvalue weighted by Gasteiger charge is 2.41. The maximum absolute atomic E-state index is 16.4. The fourth-order valence-electron chi connectivity index (χ4n) is 10.6. The lowest BCUT2D eigenvalue weighted by molar-refractivity contribution is 0.144. The largest absolute Gasteiger partial charge is 0.367 e. The zero-order valence-electron chi connectivity index (χ0n) is 30.6. The number of hydrogen-bond acceptors (Lipinski definition) is 6. The first kappa shape index (κ1) is 34.3. The first-order chi connectivity index (χ1) is 26.3. The number of H-pyrrole nitrogens is 2. The summed E-state index contributed by atoms with van der Waals surface area (Å²) in [5, 5.41) is 6.89. The molecule has 0 unspecified atom stereocenters. The van der Waals surface area contributed by atoms with Gasteiger partial charge in [0.1, 0.15) is 29.0 Å². The maximum Gasteiger partial charge on any atom is 0.151 e. The number of aromatic amines is 2. The molecule has 0 bridgehead atoms. The van der Waals surface area contributed by atoms with Gasteiger partial charge in [0.15, 0.2) is 11.6 Å². The molecular formula is C42H48F4N8. The summed E-state index contributed by atoms with van der Waals surface area (Å²) in [6.07, 6.45) is 12.9. The number of piperidine rings is 1. The van der Waals surface area contributed by atoms with Gasteiger partial charge in [-0.3, -0.25) is 0 Å². The van der Waals surface area contributed by atoms with Gasteiger partial charge >= 0.3 is 0 Å². The predicted molar refractivity (Wildman–Crippen MR) is 203 cm³/mol. The minimum Gasteiger partial charge on any atom is -0.367 e. The molecule has 4 atom stereocenters. The van der Waals surface area contributed by atoms with Gasteiger partial charge in [-0.1, -0.05) is 19.3 Å². The monoisotopic (exact) mass is 740 g/mol. The van der Waals surface area contributed by atoms with Gasteiger partial charge < -0.3 is 30.4 Å². The topological polar surface area (TPSA) is 87.9 Å². The van der Waals surface area contributed by atoms with Gasteiger partial charge in [-0.15, -0.1) is 0 Å². The van der Waals surface area contributed by atoms with Crippen LogP contribution < -0.4 is 20.4 Å². The maximum atomic E-state index is 16.4. The van der Waals surface area contributed by atoms with Crippen molar-refractivity contribution in [3.63, 3.8) is 0 Å². The highest BCUT2D eigenvalue weighted by atomic mass is 19.1. The number of fused-ring (bicyclic) bond motifs is 2. The molecule has 5 aliphatic rings. The number of aromatic nitrogens is 4. The molecule has 4 aliphatic heterocycles. The number of rotatable bonds is 6. The van der Waals surface area contributed by atoms with Crippen molar-refractivity contribution in [1.29, 1.82) is 0 Å². The molecule has 284 valence electrons. The second-order valence-electron chi connectivity index (χ2n) is 16.6. The summed E-state index contributed by atoms with van der Waals surface area (Å²) in [5.41, 5.74) is 3.78. The van der Waals surface area contributed by atoms with Gasteiger partial charge in [-0.2, -0.15) is 0 Å². The van der Waals surface area contributed by atoms with Crippen molar-refractivity contribution < 1.29 is 17.6 Å². The quantitative estimate of drug-likeness (QED) is 0.130. The summed E-state index contributed by atoms with van der Waals surface area (Å²) in [4.78, 5) is 19.9. The van der Waals surface area contributed by atoms with Crippen LogP contribution in [-0.4, -0.2) is 46.1 Å². The van der Waals surface area contributed by atoms with Crippen molar-refractivity contribution in [1.82, 2.24) is 30.6 Å². The lowest BCUT2D eigenvalue weighted by Crippen LogP contribution is -2.41. The standard InChI is InChI=1S/C42H48F4N8/c43-27-22-35-33(49-40(51-35)31-6-4-14-47-31)20-25(27)37-8-9-38(26-21-34-36(23-28(26)44)52-41(50-34)32-7-5-15-48-32)54(37)24-18-29(45)39(30(46)19-24)53-16-12-42(13-17-53)10-2-1-3-11-42/h18-23,31-32,37-38,47-48H,1-17H2,(H,49,51)(H,50,52)/t31-,32-,37+,38+/m0/s1. The Labute approximate surface area is 312 Å². The number of anilines is 2. The molecule has 6 heterocycles. The van der Waals surface area contributed by atoms with Gasteiger partial charge in [0.05, 0.1) is 46.2 Å². The molecule has 4 N–H and O–H groups in total. The Balaban J connectivity index is 1.03. The highest BCUT2D eigenvalue weighted by Crippen LogP contribution is 2.51. The second kappa shape index (κ2) is 13.5. The Morgan fingerprint density at radius 3 is 1.57 bits per heavy atom. The summed E-state index contributed by atoms with van der Waals surface area (Å²) in [6.45, 7) is 3.04. The van der Waals surface area contributed by atoms with E-state index in [0.29, 0.717) is 64.5 Å². The Kier molecular flexibility index (Phi) is 8.61. The van der Waals surface area contributed by atoms with Crippen LogP contribution in [-0.2, 0) is 0 Å². The second-order valence-corrected chi connectivity index (χ2v) is 16.6. The summed E-state index contributed by atoms with van der Waals surface area (Å²) >= 11 is 0. The third kappa shape index (κ3) is 5.95. The molecule has 3 aromatic carbocycles. The fraction of sp³-hybridized carbons (Fsp3) is 0.524. The van der Waals surface area contributed by atoms with E-state index in [1.54, 1.807) is 12.1 Å². The van der Waals surface area contributed by atoms with Crippen LogP contribution in [0.1, 0.15) is 130 Å². The number of halogens is 4. The zero-order chi connectivity index (χ0) is 36.6. The van der Waals surface area contributed by atoms with Crippen LogP contribution in [0.3, 0.4) is 0 Å². The Bertz CT molecular complexity index is 2050. The molecule has 1 aliphatic carbocycles. The Morgan fingerprint density at radius 1 is 0.574 bits per heavy atom. The molecular weight excluding hydrogens is 693 g/mol. The number of benzene rings is 3. The summed E-state index contributed by atoms with van der Waals surface area (Å²) in [5.74, 6) is -0.647. The van der Waals surface area contributed by atoms with Crippen molar-refractivity contribution in [3.05, 3.63) is 82.4 Å². The van der Waals surface area contributed by atoms with Crippen molar-refractivity contribution in [2.75, 3.05) is 36.0 Å². The average molecular weight is 741 g/mol. The van der Waals surface area contributed by atoms with E-state index in [9.17, 15) is 0 Å². The van der Waals surface area contributed by atoms with E-state index in [4.69, 9.17) is 9.97 Å². The molecule has 1 spiro atoms. The van der Waals surface area contributed by atoms with E-state index < -0.39 is 35.4 Å². The molecule has 5 aromatic rings. The lowest BCUT2D eigenvalue weighted by atomic mass is 9.68. The molecule has 8 nitrogen and oxygen atoms in total. The number of imidazole rings is 2. The van der Waals surface area contributed by atoms with Crippen LogP contribution in [0.15, 0.2) is 36.4 Å². The molecule has 54 heavy (non-hydrogen) atoms. The minimum atomic E-state index is -0.648. The smallest absolute Gasteiger partial charge is 0.151 e. The Hall–Kier alpha value is -4.16. The van der Waals surface area contributed by atoms with Crippen molar-refractivity contribution in [3.8, 4) is 0 Å². The van der Waals surface area contributed by atoms with E-state index in [2.05, 4.69) is 20.6 Å². The molecule has 10 rings (SSSR count). The molecule has 12 heteroatoms. The number of hydrogen-bond donors (Lipinski definition) is 4.